The fourth-order valence-electron chi connectivity index (χ4n) is 4.80. The first kappa shape index (κ1) is 23.7. The summed E-state index contributed by atoms with van der Waals surface area (Å²) in [5.41, 5.74) is 3.43. The first-order chi connectivity index (χ1) is 16.5. The van der Waals surface area contributed by atoms with Crippen molar-refractivity contribution in [2.45, 2.75) is 58.0 Å². The summed E-state index contributed by atoms with van der Waals surface area (Å²) in [4.78, 5) is 30.6. The quantitative estimate of drug-likeness (QED) is 0.408. The third-order valence-electron chi connectivity index (χ3n) is 6.46. The average molecular weight is 459 g/mol. The predicted octanol–water partition coefficient (Wildman–Crippen LogP) is 6.46. The molecule has 0 radical (unpaired) electrons. The van der Waals surface area contributed by atoms with Crippen molar-refractivity contribution in [3.05, 3.63) is 95.8 Å². The van der Waals surface area contributed by atoms with Crippen LogP contribution in [0.1, 0.15) is 56.7 Å². The van der Waals surface area contributed by atoms with Crippen molar-refractivity contribution < 1.29 is 14.0 Å². The van der Waals surface area contributed by atoms with Crippen LogP contribution in [0.3, 0.4) is 0 Å². The maximum absolute atomic E-state index is 13.7. The third kappa shape index (κ3) is 5.04. The fraction of sp³-hybridized carbons (Fsp3) is 0.310. The molecule has 176 valence electrons. The van der Waals surface area contributed by atoms with Crippen LogP contribution in [0.5, 0.6) is 0 Å². The highest BCUT2D eigenvalue weighted by molar-refractivity contribution is 5.98. The molecule has 3 aromatic carbocycles. The van der Waals surface area contributed by atoms with Crippen LogP contribution in [-0.4, -0.2) is 17.9 Å². The van der Waals surface area contributed by atoms with Gasteiger partial charge in [-0.1, -0.05) is 61.9 Å². The first-order valence-corrected chi connectivity index (χ1v) is 12.0. The lowest BCUT2D eigenvalue weighted by Gasteiger charge is -2.43. The van der Waals surface area contributed by atoms with E-state index in [4.69, 9.17) is 0 Å². The fourth-order valence-corrected chi connectivity index (χ4v) is 4.80. The summed E-state index contributed by atoms with van der Waals surface area (Å²) in [6.07, 6.45) is 3.16. The van der Waals surface area contributed by atoms with Crippen molar-refractivity contribution in [1.82, 2.24) is 0 Å². The molecule has 1 aliphatic heterocycles. The highest BCUT2D eigenvalue weighted by atomic mass is 19.1. The van der Waals surface area contributed by atoms with Gasteiger partial charge in [-0.05, 0) is 61.2 Å². The maximum Gasteiger partial charge on any atom is 0.231 e. The number of carbonyl (C=O) groups excluding carboxylic acids is 2. The predicted molar refractivity (Wildman–Crippen MR) is 134 cm³/mol. The molecule has 5 heteroatoms. The van der Waals surface area contributed by atoms with Crippen molar-refractivity contribution in [3.63, 3.8) is 0 Å². The molecule has 2 atom stereocenters. The molecule has 34 heavy (non-hydrogen) atoms. The Morgan fingerprint density at radius 1 is 0.971 bits per heavy atom. The van der Waals surface area contributed by atoms with Crippen LogP contribution in [0.2, 0.25) is 0 Å². The Balaban J connectivity index is 1.72. The molecule has 4 nitrogen and oxygen atoms in total. The number of unbranched alkanes of at least 4 members (excludes halogenated alkanes) is 1. The highest BCUT2D eigenvalue weighted by Crippen LogP contribution is 2.42. The van der Waals surface area contributed by atoms with Gasteiger partial charge in [-0.3, -0.25) is 9.59 Å². The minimum Gasteiger partial charge on any atom is -0.309 e. The van der Waals surface area contributed by atoms with Gasteiger partial charge in [0.25, 0.3) is 0 Å². The van der Waals surface area contributed by atoms with E-state index in [1.807, 2.05) is 64.4 Å². The number of hydrogen-bond donors (Lipinski definition) is 0. The van der Waals surface area contributed by atoms with Gasteiger partial charge in [-0.25, -0.2) is 4.39 Å². The summed E-state index contributed by atoms with van der Waals surface area (Å²) in [6, 6.07) is 23.4. The lowest BCUT2D eigenvalue weighted by Crippen LogP contribution is -2.48. The Hall–Kier alpha value is -3.47. The molecular weight excluding hydrogens is 427 g/mol. The van der Waals surface area contributed by atoms with E-state index < -0.39 is 0 Å². The number of para-hydroxylation sites is 2. The minimum atomic E-state index is -0.320. The van der Waals surface area contributed by atoms with E-state index in [2.05, 4.69) is 13.8 Å². The van der Waals surface area contributed by atoms with E-state index in [9.17, 15) is 14.0 Å². The number of hydrogen-bond acceptors (Lipinski definition) is 2. The molecule has 0 saturated heterocycles. The zero-order chi connectivity index (χ0) is 24.1. The molecule has 0 unspecified atom stereocenters. The van der Waals surface area contributed by atoms with E-state index in [-0.39, 0.29) is 36.1 Å². The molecule has 0 fully saturated rings. The first-order valence-electron chi connectivity index (χ1n) is 12.0. The van der Waals surface area contributed by atoms with Crippen molar-refractivity contribution >= 4 is 23.2 Å². The summed E-state index contributed by atoms with van der Waals surface area (Å²) in [7, 11) is 0. The van der Waals surface area contributed by atoms with Crippen LogP contribution < -0.4 is 9.80 Å². The number of anilines is 2. The second-order valence-corrected chi connectivity index (χ2v) is 8.93. The molecule has 2 amide bonds. The van der Waals surface area contributed by atoms with E-state index in [1.165, 1.54) is 12.1 Å². The van der Waals surface area contributed by atoms with Crippen LogP contribution >= 0.6 is 0 Å². The number of carbonyl (C=O) groups is 2. The molecule has 3 aromatic rings. The van der Waals surface area contributed by atoms with E-state index in [0.717, 1.165) is 35.3 Å². The molecule has 0 saturated carbocycles. The molecule has 0 N–H and O–H groups in total. The molecule has 4 rings (SSSR count). The standard InChI is InChI=1S/C29H31FN2O2/c1-3-4-14-28(33)31-21(2)19-27(25-12-8-9-13-26(25)31)32(24-10-6-5-7-11-24)29(34)20-22-15-17-23(30)18-16-22/h5-13,15-18,21,27H,3-4,14,19-20H2,1-2H3/t21-,27+/m1/s1. The summed E-state index contributed by atoms with van der Waals surface area (Å²) >= 11 is 0. The van der Waals surface area contributed by atoms with E-state index in [0.29, 0.717) is 12.8 Å². The lowest BCUT2D eigenvalue weighted by atomic mass is 9.89. The largest absolute Gasteiger partial charge is 0.309 e. The van der Waals surface area contributed by atoms with Crippen LogP contribution in [0.4, 0.5) is 15.8 Å². The summed E-state index contributed by atoms with van der Waals surface area (Å²) in [5, 5.41) is 0. The van der Waals surface area contributed by atoms with Crippen molar-refractivity contribution in [2.24, 2.45) is 0 Å². The van der Waals surface area contributed by atoms with Gasteiger partial charge in [-0.15, -0.1) is 0 Å². The topological polar surface area (TPSA) is 40.6 Å². The maximum atomic E-state index is 13.7. The smallest absolute Gasteiger partial charge is 0.231 e. The number of nitrogens with zero attached hydrogens (tertiary/aromatic N) is 2. The van der Waals surface area contributed by atoms with E-state index >= 15 is 0 Å². The number of benzene rings is 3. The van der Waals surface area contributed by atoms with Gasteiger partial charge in [0.2, 0.25) is 11.8 Å². The molecule has 0 aromatic heterocycles. The minimum absolute atomic E-state index is 0.0471. The van der Waals surface area contributed by atoms with Gasteiger partial charge in [-0.2, -0.15) is 0 Å². The molecular formula is C29H31FN2O2. The molecule has 0 bridgehead atoms. The van der Waals surface area contributed by atoms with Gasteiger partial charge in [0.1, 0.15) is 5.82 Å². The number of amides is 2. The Morgan fingerprint density at radius 3 is 2.35 bits per heavy atom. The van der Waals surface area contributed by atoms with Crippen LogP contribution in [0, 0.1) is 5.82 Å². The lowest BCUT2D eigenvalue weighted by molar-refractivity contribution is -0.119. The van der Waals surface area contributed by atoms with Gasteiger partial charge >= 0.3 is 0 Å². The van der Waals surface area contributed by atoms with Crippen LogP contribution in [0.25, 0.3) is 0 Å². The Kier molecular flexibility index (Phi) is 7.41. The Morgan fingerprint density at radius 2 is 1.65 bits per heavy atom. The number of halogens is 1. The molecule has 1 aliphatic rings. The normalized spacial score (nSPS) is 17.2. The number of rotatable bonds is 7. The molecule has 0 spiro atoms. The SMILES string of the molecule is CCCCC(=O)N1c2ccccc2[C@@H](N(C(=O)Cc2ccc(F)cc2)c2ccccc2)C[C@H]1C. The highest BCUT2D eigenvalue weighted by Gasteiger charge is 2.38. The Labute approximate surface area is 201 Å². The van der Waals surface area contributed by atoms with Gasteiger partial charge in [0.15, 0.2) is 0 Å². The van der Waals surface area contributed by atoms with Crippen LogP contribution in [0.15, 0.2) is 78.9 Å². The average Bonchev–Trinajstić information content (AvgIpc) is 2.85. The second kappa shape index (κ2) is 10.6. The molecule has 0 aliphatic carbocycles. The Bertz CT molecular complexity index is 1130. The number of fused-ring (bicyclic) bond motifs is 1. The zero-order valence-corrected chi connectivity index (χ0v) is 19.8. The zero-order valence-electron chi connectivity index (χ0n) is 19.8. The van der Waals surface area contributed by atoms with Crippen molar-refractivity contribution in [2.75, 3.05) is 9.80 Å². The second-order valence-electron chi connectivity index (χ2n) is 8.93. The van der Waals surface area contributed by atoms with Gasteiger partial charge in [0, 0.05) is 23.8 Å². The monoisotopic (exact) mass is 458 g/mol. The van der Waals surface area contributed by atoms with Crippen LogP contribution in [-0.2, 0) is 16.0 Å². The third-order valence-corrected chi connectivity index (χ3v) is 6.46. The van der Waals surface area contributed by atoms with Crippen molar-refractivity contribution in [1.29, 1.82) is 0 Å². The summed E-state index contributed by atoms with van der Waals surface area (Å²) < 4.78 is 13.4. The van der Waals surface area contributed by atoms with E-state index in [1.54, 1.807) is 12.1 Å². The summed E-state index contributed by atoms with van der Waals surface area (Å²) in [6.45, 7) is 4.14. The van der Waals surface area contributed by atoms with Crippen molar-refractivity contribution in [3.8, 4) is 0 Å². The summed E-state index contributed by atoms with van der Waals surface area (Å²) in [5.74, 6) is -0.251. The van der Waals surface area contributed by atoms with Gasteiger partial charge < -0.3 is 9.80 Å². The van der Waals surface area contributed by atoms with Gasteiger partial charge in [0.05, 0.1) is 12.5 Å². The molecule has 1 heterocycles.